The number of piperidine rings is 1. The SMILES string of the molecule is CC(C)(C)OC(=O)C1CCN(c2ccc(C(=O)NCCc3ccc(Oc4ccccc4)cc3)c(Cl)n2)CC1. The highest BCUT2D eigenvalue weighted by Gasteiger charge is 2.29. The number of carbonyl (C=O) groups is 2. The second-order valence-corrected chi connectivity index (χ2v) is 10.7. The van der Waals surface area contributed by atoms with Crippen molar-refractivity contribution in [2.45, 2.75) is 45.6 Å². The summed E-state index contributed by atoms with van der Waals surface area (Å²) in [4.78, 5) is 31.6. The number of carbonyl (C=O) groups excluding carboxylic acids is 2. The van der Waals surface area contributed by atoms with Crippen LogP contribution in [0.3, 0.4) is 0 Å². The maximum absolute atomic E-state index is 12.7. The Morgan fingerprint density at radius 2 is 1.63 bits per heavy atom. The molecule has 2 aromatic carbocycles. The average molecular weight is 536 g/mol. The van der Waals surface area contributed by atoms with Gasteiger partial charge in [-0.3, -0.25) is 9.59 Å². The zero-order valence-electron chi connectivity index (χ0n) is 22.1. The van der Waals surface area contributed by atoms with Gasteiger partial charge in [0.15, 0.2) is 0 Å². The van der Waals surface area contributed by atoms with E-state index < -0.39 is 5.60 Å². The van der Waals surface area contributed by atoms with Gasteiger partial charge in [-0.2, -0.15) is 0 Å². The van der Waals surface area contributed by atoms with E-state index in [0.717, 1.165) is 17.1 Å². The zero-order valence-corrected chi connectivity index (χ0v) is 22.8. The van der Waals surface area contributed by atoms with Crippen LogP contribution in [-0.2, 0) is 16.0 Å². The monoisotopic (exact) mass is 535 g/mol. The number of nitrogens with zero attached hydrogens (tertiary/aromatic N) is 2. The molecule has 1 aliphatic rings. The maximum atomic E-state index is 12.7. The molecule has 1 N–H and O–H groups in total. The van der Waals surface area contributed by atoms with Gasteiger partial charge in [0.05, 0.1) is 11.5 Å². The molecule has 8 heteroatoms. The summed E-state index contributed by atoms with van der Waals surface area (Å²) in [5.74, 6) is 1.73. The molecule has 1 aromatic heterocycles. The van der Waals surface area contributed by atoms with E-state index in [1.807, 2.05) is 75.4 Å². The summed E-state index contributed by atoms with van der Waals surface area (Å²) in [7, 11) is 0. The molecule has 4 rings (SSSR count). The molecule has 0 radical (unpaired) electrons. The minimum Gasteiger partial charge on any atom is -0.460 e. The molecular weight excluding hydrogens is 502 g/mol. The molecule has 2 heterocycles. The summed E-state index contributed by atoms with van der Waals surface area (Å²) in [6, 6.07) is 20.9. The van der Waals surface area contributed by atoms with Crippen molar-refractivity contribution >= 4 is 29.3 Å². The molecular formula is C30H34ClN3O4. The molecule has 1 fully saturated rings. The third kappa shape index (κ3) is 7.71. The van der Waals surface area contributed by atoms with Gasteiger partial charge in [0.2, 0.25) is 0 Å². The van der Waals surface area contributed by atoms with Crippen molar-refractivity contribution in [3.05, 3.63) is 83.0 Å². The van der Waals surface area contributed by atoms with Crippen LogP contribution in [0.5, 0.6) is 11.5 Å². The van der Waals surface area contributed by atoms with Gasteiger partial charge in [-0.25, -0.2) is 4.98 Å². The van der Waals surface area contributed by atoms with Crippen molar-refractivity contribution in [1.82, 2.24) is 10.3 Å². The number of esters is 1. The second-order valence-electron chi connectivity index (χ2n) is 10.4. The number of pyridine rings is 1. The third-order valence-electron chi connectivity index (χ3n) is 6.24. The Hall–Kier alpha value is -3.58. The quantitative estimate of drug-likeness (QED) is 0.279. The number of amides is 1. The fourth-order valence-electron chi connectivity index (χ4n) is 4.26. The Kier molecular flexibility index (Phi) is 8.89. The molecule has 0 bridgehead atoms. The molecule has 200 valence electrons. The van der Waals surface area contributed by atoms with Crippen LogP contribution in [0.4, 0.5) is 5.82 Å². The number of hydrogen-bond donors (Lipinski definition) is 1. The van der Waals surface area contributed by atoms with Gasteiger partial charge in [-0.15, -0.1) is 0 Å². The average Bonchev–Trinajstić information content (AvgIpc) is 2.89. The van der Waals surface area contributed by atoms with Crippen LogP contribution in [0.15, 0.2) is 66.7 Å². The van der Waals surface area contributed by atoms with E-state index >= 15 is 0 Å². The summed E-state index contributed by atoms with van der Waals surface area (Å²) in [5.41, 5.74) is 0.938. The van der Waals surface area contributed by atoms with E-state index in [0.29, 0.717) is 50.3 Å². The third-order valence-corrected chi connectivity index (χ3v) is 6.53. The fraction of sp³-hybridized carbons (Fsp3) is 0.367. The van der Waals surface area contributed by atoms with Gasteiger partial charge in [0.1, 0.15) is 28.1 Å². The van der Waals surface area contributed by atoms with Gasteiger partial charge in [0, 0.05) is 19.6 Å². The maximum Gasteiger partial charge on any atom is 0.309 e. The topological polar surface area (TPSA) is 80.8 Å². The zero-order chi connectivity index (χ0) is 27.1. The number of halogens is 1. The van der Waals surface area contributed by atoms with Crippen LogP contribution < -0.4 is 15.0 Å². The van der Waals surface area contributed by atoms with Gasteiger partial charge in [-0.1, -0.05) is 41.9 Å². The lowest BCUT2D eigenvalue weighted by Gasteiger charge is -2.33. The molecule has 7 nitrogen and oxygen atoms in total. The van der Waals surface area contributed by atoms with E-state index in [2.05, 4.69) is 15.2 Å². The summed E-state index contributed by atoms with van der Waals surface area (Å²) in [5, 5.41) is 3.08. The van der Waals surface area contributed by atoms with E-state index in [1.165, 1.54) is 0 Å². The first kappa shape index (κ1) is 27.5. The number of anilines is 1. The van der Waals surface area contributed by atoms with Crippen molar-refractivity contribution in [2.24, 2.45) is 5.92 Å². The smallest absolute Gasteiger partial charge is 0.309 e. The first-order chi connectivity index (χ1) is 18.2. The Labute approximate surface area is 229 Å². The first-order valence-corrected chi connectivity index (χ1v) is 13.3. The van der Waals surface area contributed by atoms with Gasteiger partial charge in [-0.05, 0) is 82.0 Å². The highest BCUT2D eigenvalue weighted by atomic mass is 35.5. The Balaban J connectivity index is 1.24. The van der Waals surface area contributed by atoms with Crippen LogP contribution in [0.25, 0.3) is 0 Å². The minimum atomic E-state index is -0.484. The molecule has 1 aliphatic heterocycles. The number of ether oxygens (including phenoxy) is 2. The predicted octanol–water partition coefficient (Wildman–Crippen LogP) is 6.06. The normalized spacial score (nSPS) is 14.2. The predicted molar refractivity (Wildman–Crippen MR) is 149 cm³/mol. The van der Waals surface area contributed by atoms with Gasteiger partial charge < -0.3 is 19.7 Å². The van der Waals surface area contributed by atoms with Crippen molar-refractivity contribution < 1.29 is 19.1 Å². The number of aromatic nitrogens is 1. The van der Waals surface area contributed by atoms with Crippen molar-refractivity contribution in [2.75, 3.05) is 24.5 Å². The fourth-order valence-corrected chi connectivity index (χ4v) is 4.50. The van der Waals surface area contributed by atoms with Crippen molar-refractivity contribution in [3.63, 3.8) is 0 Å². The van der Waals surface area contributed by atoms with E-state index in [1.54, 1.807) is 12.1 Å². The van der Waals surface area contributed by atoms with Gasteiger partial charge in [0.25, 0.3) is 5.91 Å². The Morgan fingerprint density at radius 1 is 0.974 bits per heavy atom. The van der Waals surface area contributed by atoms with Crippen LogP contribution in [0.1, 0.15) is 49.5 Å². The molecule has 3 aromatic rings. The minimum absolute atomic E-state index is 0.112. The number of rotatable bonds is 8. The lowest BCUT2D eigenvalue weighted by atomic mass is 9.96. The molecule has 0 saturated carbocycles. The van der Waals surface area contributed by atoms with Crippen molar-refractivity contribution in [1.29, 1.82) is 0 Å². The van der Waals surface area contributed by atoms with Crippen LogP contribution >= 0.6 is 11.6 Å². The highest BCUT2D eigenvalue weighted by molar-refractivity contribution is 6.32. The molecule has 1 saturated heterocycles. The lowest BCUT2D eigenvalue weighted by molar-refractivity contribution is -0.160. The molecule has 0 aliphatic carbocycles. The summed E-state index contributed by atoms with van der Waals surface area (Å²) in [6.45, 7) is 7.45. The number of benzene rings is 2. The Morgan fingerprint density at radius 3 is 2.26 bits per heavy atom. The van der Waals surface area contributed by atoms with Gasteiger partial charge >= 0.3 is 5.97 Å². The molecule has 1 amide bonds. The Bertz CT molecular complexity index is 1230. The summed E-state index contributed by atoms with van der Waals surface area (Å²) < 4.78 is 11.3. The molecule has 38 heavy (non-hydrogen) atoms. The number of nitrogens with one attached hydrogen (secondary N) is 1. The summed E-state index contributed by atoms with van der Waals surface area (Å²) in [6.07, 6.45) is 2.05. The molecule has 0 atom stereocenters. The first-order valence-electron chi connectivity index (χ1n) is 12.9. The van der Waals surface area contributed by atoms with E-state index in [9.17, 15) is 9.59 Å². The van der Waals surface area contributed by atoms with E-state index in [-0.39, 0.29) is 22.9 Å². The lowest BCUT2D eigenvalue weighted by Crippen LogP contribution is -2.39. The standard InChI is InChI=1S/C30H34ClN3O4/c1-30(2,3)38-29(36)22-16-19-34(20-17-22)26-14-13-25(27(31)33-26)28(35)32-18-15-21-9-11-24(12-10-21)37-23-7-5-4-6-8-23/h4-14,22H,15-20H2,1-3H3,(H,32,35). The van der Waals surface area contributed by atoms with Crippen LogP contribution in [0, 0.1) is 5.92 Å². The number of hydrogen-bond acceptors (Lipinski definition) is 6. The molecule has 0 spiro atoms. The largest absolute Gasteiger partial charge is 0.460 e. The highest BCUT2D eigenvalue weighted by Crippen LogP contribution is 2.27. The van der Waals surface area contributed by atoms with E-state index in [4.69, 9.17) is 21.1 Å². The van der Waals surface area contributed by atoms with Crippen molar-refractivity contribution in [3.8, 4) is 11.5 Å². The summed E-state index contributed by atoms with van der Waals surface area (Å²) >= 11 is 6.39. The van der Waals surface area contributed by atoms with Crippen LogP contribution in [-0.4, -0.2) is 42.1 Å². The molecule has 0 unspecified atom stereocenters. The second kappa shape index (κ2) is 12.3. The van der Waals surface area contributed by atoms with Crippen LogP contribution in [0.2, 0.25) is 5.15 Å². The number of para-hydroxylation sites is 1.